The quantitative estimate of drug-likeness (QED) is 0.633. The third-order valence-corrected chi connectivity index (χ3v) is 3.03. The number of phenols is 1. The third kappa shape index (κ3) is 2.70. The Labute approximate surface area is 115 Å². The van der Waals surface area contributed by atoms with Gasteiger partial charge in [-0.3, -0.25) is 0 Å². The molecule has 2 aromatic rings. The fraction of sp³-hybridized carbons (Fsp3) is 0. The highest BCUT2D eigenvalue weighted by atomic mass is 79.9. The van der Waals surface area contributed by atoms with Crippen LogP contribution in [0.2, 0.25) is 0 Å². The molecule has 2 rings (SSSR count). The lowest BCUT2D eigenvalue weighted by Gasteiger charge is -2.09. The monoisotopic (exact) mass is 358 g/mol. The summed E-state index contributed by atoms with van der Waals surface area (Å²) in [6, 6.07) is 6.60. The van der Waals surface area contributed by atoms with Gasteiger partial charge in [0.15, 0.2) is 5.75 Å². The fourth-order valence-electron chi connectivity index (χ4n) is 1.20. The van der Waals surface area contributed by atoms with E-state index in [1.54, 1.807) is 24.4 Å². The molecule has 0 saturated heterocycles. The number of aromatic hydroxyl groups is 1. The van der Waals surface area contributed by atoms with Crippen molar-refractivity contribution in [1.29, 1.82) is 0 Å². The molecule has 17 heavy (non-hydrogen) atoms. The topological polar surface area (TPSA) is 68.4 Å². The van der Waals surface area contributed by atoms with Crippen LogP contribution < -0.4 is 10.5 Å². The molecule has 3 N–H and O–H groups in total. The Morgan fingerprint density at radius 2 is 2.06 bits per heavy atom. The Morgan fingerprint density at radius 3 is 2.76 bits per heavy atom. The number of nitrogens with zero attached hydrogens (tertiary/aromatic N) is 1. The lowest BCUT2D eigenvalue weighted by molar-refractivity contribution is 0.447. The number of hydrogen-bond donors (Lipinski definition) is 2. The van der Waals surface area contributed by atoms with E-state index in [9.17, 15) is 5.11 Å². The van der Waals surface area contributed by atoms with Gasteiger partial charge < -0.3 is 15.6 Å². The van der Waals surface area contributed by atoms with Crippen molar-refractivity contribution in [3.05, 3.63) is 39.4 Å². The molecule has 0 aliphatic heterocycles. The van der Waals surface area contributed by atoms with Gasteiger partial charge in [0, 0.05) is 10.7 Å². The van der Waals surface area contributed by atoms with Gasteiger partial charge in [-0.1, -0.05) is 6.07 Å². The molecule has 0 radical (unpaired) electrons. The number of hydrogen-bond acceptors (Lipinski definition) is 4. The fourth-order valence-corrected chi connectivity index (χ4v) is 2.27. The number of benzene rings is 1. The molecule has 1 aromatic carbocycles. The summed E-state index contributed by atoms with van der Waals surface area (Å²) in [6.07, 6.45) is 1.61. The van der Waals surface area contributed by atoms with Crippen molar-refractivity contribution < 1.29 is 9.84 Å². The van der Waals surface area contributed by atoms with Crippen LogP contribution in [0.25, 0.3) is 0 Å². The molecule has 0 amide bonds. The SMILES string of the molecule is Nc1c(O)cccc1Oc1ncc(Br)cc1Br. The molecule has 1 aromatic heterocycles. The van der Waals surface area contributed by atoms with E-state index in [1.807, 2.05) is 0 Å². The number of nitrogens with two attached hydrogens (primary N) is 1. The van der Waals surface area contributed by atoms with Gasteiger partial charge in [-0.2, -0.15) is 0 Å². The van der Waals surface area contributed by atoms with E-state index in [1.165, 1.54) is 6.07 Å². The van der Waals surface area contributed by atoms with Crippen LogP contribution in [0.1, 0.15) is 0 Å². The Balaban J connectivity index is 2.35. The first kappa shape index (κ1) is 12.2. The molecule has 0 aliphatic carbocycles. The average molecular weight is 360 g/mol. The number of para-hydroxylation sites is 1. The second-order valence-corrected chi connectivity index (χ2v) is 5.00. The Bertz CT molecular complexity index is 561. The van der Waals surface area contributed by atoms with Crippen LogP contribution in [0.5, 0.6) is 17.4 Å². The van der Waals surface area contributed by atoms with Crippen molar-refractivity contribution in [1.82, 2.24) is 4.98 Å². The largest absolute Gasteiger partial charge is 0.506 e. The molecule has 1 heterocycles. The summed E-state index contributed by atoms with van der Waals surface area (Å²) in [7, 11) is 0. The molecule has 0 aliphatic rings. The lowest BCUT2D eigenvalue weighted by Crippen LogP contribution is -1.94. The van der Waals surface area contributed by atoms with Gasteiger partial charge in [-0.15, -0.1) is 0 Å². The first-order valence-corrected chi connectivity index (χ1v) is 6.23. The minimum absolute atomic E-state index is 0.0178. The molecule has 0 bridgehead atoms. The van der Waals surface area contributed by atoms with Crippen molar-refractivity contribution in [3.8, 4) is 17.4 Å². The minimum atomic E-state index is -0.0178. The summed E-state index contributed by atoms with van der Waals surface area (Å²) in [5.74, 6) is 0.724. The summed E-state index contributed by atoms with van der Waals surface area (Å²) in [4.78, 5) is 4.09. The molecule has 4 nitrogen and oxygen atoms in total. The molecule has 0 unspecified atom stereocenters. The Hall–Kier alpha value is -1.27. The second-order valence-electron chi connectivity index (χ2n) is 3.23. The van der Waals surface area contributed by atoms with Crippen molar-refractivity contribution in [3.63, 3.8) is 0 Å². The molecule has 0 atom stereocenters. The van der Waals surface area contributed by atoms with E-state index < -0.39 is 0 Å². The van der Waals surface area contributed by atoms with E-state index in [2.05, 4.69) is 36.8 Å². The zero-order valence-corrected chi connectivity index (χ0v) is 11.7. The molecule has 0 spiro atoms. The van der Waals surface area contributed by atoms with Crippen LogP contribution >= 0.6 is 31.9 Å². The number of phenolic OH excluding ortho intramolecular Hbond substituents is 1. The molecule has 88 valence electrons. The first-order valence-electron chi connectivity index (χ1n) is 4.64. The summed E-state index contributed by atoms with van der Waals surface area (Å²) >= 11 is 6.62. The van der Waals surface area contributed by atoms with Gasteiger partial charge >= 0.3 is 0 Å². The standard InChI is InChI=1S/C11H8Br2N2O2/c12-6-4-7(13)11(15-5-6)17-9-3-1-2-8(16)10(9)14/h1-5,16H,14H2. The Morgan fingerprint density at radius 1 is 1.29 bits per heavy atom. The number of ether oxygens (including phenoxy) is 1. The van der Waals surface area contributed by atoms with E-state index >= 15 is 0 Å². The summed E-state index contributed by atoms with van der Waals surface area (Å²) in [5.41, 5.74) is 5.87. The van der Waals surface area contributed by atoms with Crippen molar-refractivity contribution in [2.45, 2.75) is 0 Å². The smallest absolute Gasteiger partial charge is 0.233 e. The van der Waals surface area contributed by atoms with Gasteiger partial charge in [-0.25, -0.2) is 4.98 Å². The maximum atomic E-state index is 9.45. The van der Waals surface area contributed by atoms with Crippen LogP contribution in [0, 0.1) is 0 Å². The van der Waals surface area contributed by atoms with E-state index in [4.69, 9.17) is 10.5 Å². The highest BCUT2D eigenvalue weighted by Crippen LogP contribution is 2.35. The van der Waals surface area contributed by atoms with Crippen molar-refractivity contribution in [2.24, 2.45) is 0 Å². The Kier molecular flexibility index (Phi) is 3.54. The molecular weight excluding hydrogens is 352 g/mol. The van der Waals surface area contributed by atoms with Crippen LogP contribution in [-0.2, 0) is 0 Å². The number of nitrogen functional groups attached to an aromatic ring is 1. The van der Waals surface area contributed by atoms with Crippen LogP contribution in [-0.4, -0.2) is 10.1 Å². The number of rotatable bonds is 2. The predicted molar refractivity (Wildman–Crippen MR) is 72.2 cm³/mol. The maximum absolute atomic E-state index is 9.45. The van der Waals surface area contributed by atoms with Gasteiger partial charge in [-0.05, 0) is 50.1 Å². The van der Waals surface area contributed by atoms with Gasteiger partial charge in [0.25, 0.3) is 0 Å². The molecule has 0 saturated carbocycles. The zero-order valence-electron chi connectivity index (χ0n) is 8.52. The first-order chi connectivity index (χ1) is 8.08. The van der Waals surface area contributed by atoms with Gasteiger partial charge in [0.05, 0.1) is 4.47 Å². The highest BCUT2D eigenvalue weighted by molar-refractivity contribution is 9.11. The maximum Gasteiger partial charge on any atom is 0.233 e. The van der Waals surface area contributed by atoms with E-state index in [0.29, 0.717) is 16.1 Å². The van der Waals surface area contributed by atoms with Crippen molar-refractivity contribution >= 4 is 37.5 Å². The third-order valence-electron chi connectivity index (χ3n) is 2.02. The number of halogens is 2. The lowest BCUT2D eigenvalue weighted by atomic mass is 10.3. The summed E-state index contributed by atoms with van der Waals surface area (Å²) in [6.45, 7) is 0. The van der Waals surface area contributed by atoms with Crippen LogP contribution in [0.4, 0.5) is 5.69 Å². The predicted octanol–water partition coefficient (Wildman–Crippen LogP) is 3.69. The highest BCUT2D eigenvalue weighted by Gasteiger charge is 2.09. The number of pyridine rings is 1. The van der Waals surface area contributed by atoms with Gasteiger partial charge in [0.1, 0.15) is 11.4 Å². The van der Waals surface area contributed by atoms with Crippen LogP contribution in [0.15, 0.2) is 39.4 Å². The summed E-state index contributed by atoms with van der Waals surface area (Å²) < 4.78 is 7.04. The molecule has 0 fully saturated rings. The molecular formula is C11H8Br2N2O2. The number of aromatic nitrogens is 1. The molecule has 6 heteroatoms. The van der Waals surface area contributed by atoms with E-state index in [0.717, 1.165) is 4.47 Å². The average Bonchev–Trinajstić information content (AvgIpc) is 2.28. The zero-order chi connectivity index (χ0) is 12.4. The van der Waals surface area contributed by atoms with Crippen molar-refractivity contribution in [2.75, 3.05) is 5.73 Å². The second kappa shape index (κ2) is 4.93. The summed E-state index contributed by atoms with van der Waals surface area (Å²) in [5, 5.41) is 9.45. The van der Waals surface area contributed by atoms with Crippen LogP contribution in [0.3, 0.4) is 0 Å². The van der Waals surface area contributed by atoms with E-state index in [-0.39, 0.29) is 11.4 Å². The number of anilines is 1. The minimum Gasteiger partial charge on any atom is -0.506 e. The van der Waals surface area contributed by atoms with Gasteiger partial charge in [0.2, 0.25) is 5.88 Å². The normalized spacial score (nSPS) is 10.2.